The van der Waals surface area contributed by atoms with Crippen LogP contribution in [-0.4, -0.2) is 37.0 Å². The number of nitrogens with one attached hydrogen (secondary N) is 1. The predicted molar refractivity (Wildman–Crippen MR) is 70.6 cm³/mol. The van der Waals surface area contributed by atoms with E-state index in [4.69, 9.17) is 0 Å². The predicted octanol–water partition coefficient (Wildman–Crippen LogP) is 1.77. The van der Waals surface area contributed by atoms with Gasteiger partial charge in [0.1, 0.15) is 6.04 Å². The molecule has 0 spiro atoms. The number of ether oxygens (including phenoxy) is 1. The smallest absolute Gasteiger partial charge is 0.328 e. The Balaban J connectivity index is 2.59. The summed E-state index contributed by atoms with van der Waals surface area (Å²) in [5.41, 5.74) is 0. The second kappa shape index (κ2) is 7.34. The molecule has 0 saturated carbocycles. The third kappa shape index (κ3) is 4.40. The number of esters is 1. The van der Waals surface area contributed by atoms with Gasteiger partial charge in [-0.1, -0.05) is 6.07 Å². The van der Waals surface area contributed by atoms with E-state index in [1.54, 1.807) is 23.9 Å². The molecule has 1 atom stereocenters. The van der Waals surface area contributed by atoms with Gasteiger partial charge in [-0.25, -0.2) is 4.79 Å². The molecule has 0 unspecified atom stereocenters. The Morgan fingerprint density at radius 1 is 1.59 bits per heavy atom. The van der Waals surface area contributed by atoms with Crippen molar-refractivity contribution in [3.8, 4) is 0 Å². The van der Waals surface area contributed by atoms with Crippen LogP contribution < -0.4 is 5.32 Å². The average molecular weight is 273 g/mol. The molecule has 0 radical (unpaired) electrons. The number of methoxy groups -OCH3 is 1. The Bertz CT molecular complexity index is 365. The monoisotopic (exact) mass is 273 g/mol. The van der Waals surface area contributed by atoms with Gasteiger partial charge in [0, 0.05) is 0 Å². The summed E-state index contributed by atoms with van der Waals surface area (Å²) in [7, 11) is 1.33. The molecule has 0 saturated heterocycles. The van der Waals surface area contributed by atoms with Gasteiger partial charge in [-0.05, 0) is 29.9 Å². The standard InChI is InChI=1S/C11H15NO3S2/c1-15-11(14)8(5-7-16-2)12-10(13)9-4-3-6-17-9/h3-4,6,8H,5,7H2,1-2H3,(H,12,13)/t8-/m1/s1. The summed E-state index contributed by atoms with van der Waals surface area (Å²) in [6.07, 6.45) is 2.53. The maximum atomic E-state index is 11.8. The lowest BCUT2D eigenvalue weighted by atomic mass is 10.2. The summed E-state index contributed by atoms with van der Waals surface area (Å²) in [4.78, 5) is 23.9. The van der Waals surface area contributed by atoms with E-state index in [1.807, 2.05) is 11.6 Å². The van der Waals surface area contributed by atoms with E-state index in [0.29, 0.717) is 11.3 Å². The van der Waals surface area contributed by atoms with Crippen molar-refractivity contribution in [1.29, 1.82) is 0 Å². The maximum Gasteiger partial charge on any atom is 0.328 e. The highest BCUT2D eigenvalue weighted by atomic mass is 32.2. The number of hydrogen-bond acceptors (Lipinski definition) is 5. The number of amides is 1. The van der Waals surface area contributed by atoms with E-state index in [9.17, 15) is 9.59 Å². The second-order valence-electron chi connectivity index (χ2n) is 3.31. The zero-order valence-corrected chi connectivity index (χ0v) is 11.4. The fraction of sp³-hybridized carbons (Fsp3) is 0.455. The first-order chi connectivity index (χ1) is 8.19. The summed E-state index contributed by atoms with van der Waals surface area (Å²) in [6.45, 7) is 0. The van der Waals surface area contributed by atoms with E-state index >= 15 is 0 Å². The van der Waals surface area contributed by atoms with Gasteiger partial charge in [0.05, 0.1) is 12.0 Å². The zero-order chi connectivity index (χ0) is 12.7. The van der Waals surface area contributed by atoms with Crippen molar-refractivity contribution in [2.75, 3.05) is 19.1 Å². The van der Waals surface area contributed by atoms with Gasteiger partial charge in [-0.2, -0.15) is 11.8 Å². The van der Waals surface area contributed by atoms with Crippen LogP contribution in [0.2, 0.25) is 0 Å². The summed E-state index contributed by atoms with van der Waals surface area (Å²) < 4.78 is 4.67. The molecule has 0 aromatic carbocycles. The van der Waals surface area contributed by atoms with Gasteiger partial charge in [-0.3, -0.25) is 4.79 Å². The minimum atomic E-state index is -0.568. The molecule has 6 heteroatoms. The molecule has 17 heavy (non-hydrogen) atoms. The Kier molecular flexibility index (Phi) is 6.07. The first kappa shape index (κ1) is 14.1. The highest BCUT2D eigenvalue weighted by molar-refractivity contribution is 7.98. The summed E-state index contributed by atoms with van der Waals surface area (Å²) in [6, 6.07) is 2.96. The fourth-order valence-corrected chi connectivity index (χ4v) is 2.36. The van der Waals surface area contributed by atoms with E-state index in [0.717, 1.165) is 5.75 Å². The highest BCUT2D eigenvalue weighted by Crippen LogP contribution is 2.10. The quantitative estimate of drug-likeness (QED) is 0.803. The van der Waals surface area contributed by atoms with Crippen molar-refractivity contribution in [1.82, 2.24) is 5.32 Å². The summed E-state index contributed by atoms with van der Waals surface area (Å²) in [5.74, 6) is 0.172. The third-order valence-corrected chi connectivity index (χ3v) is 3.66. The Morgan fingerprint density at radius 3 is 2.88 bits per heavy atom. The van der Waals surface area contributed by atoms with Gasteiger partial charge in [0.2, 0.25) is 0 Å². The number of carbonyl (C=O) groups is 2. The molecule has 94 valence electrons. The molecule has 0 bridgehead atoms. The number of hydrogen-bond donors (Lipinski definition) is 1. The van der Waals surface area contributed by atoms with Crippen LogP contribution in [0, 0.1) is 0 Å². The second-order valence-corrected chi connectivity index (χ2v) is 5.24. The average Bonchev–Trinajstić information content (AvgIpc) is 2.87. The minimum absolute atomic E-state index is 0.225. The van der Waals surface area contributed by atoms with Gasteiger partial charge < -0.3 is 10.1 Å². The van der Waals surface area contributed by atoms with Crippen LogP contribution in [-0.2, 0) is 9.53 Å². The summed E-state index contributed by atoms with van der Waals surface area (Å²) >= 11 is 2.97. The Hall–Kier alpha value is -1.01. The van der Waals surface area contributed by atoms with Crippen LogP contribution in [0.3, 0.4) is 0 Å². The third-order valence-electron chi connectivity index (χ3n) is 2.15. The topological polar surface area (TPSA) is 55.4 Å². The lowest BCUT2D eigenvalue weighted by Gasteiger charge is -2.15. The molecule has 1 N–H and O–H groups in total. The molecule has 1 aromatic heterocycles. The van der Waals surface area contributed by atoms with Crippen LogP contribution in [0.4, 0.5) is 0 Å². The normalized spacial score (nSPS) is 11.9. The van der Waals surface area contributed by atoms with Gasteiger partial charge >= 0.3 is 5.97 Å². The minimum Gasteiger partial charge on any atom is -0.467 e. The molecular formula is C11H15NO3S2. The van der Waals surface area contributed by atoms with Gasteiger partial charge in [-0.15, -0.1) is 11.3 Å². The zero-order valence-electron chi connectivity index (χ0n) is 9.76. The van der Waals surface area contributed by atoms with Crippen LogP contribution in [0.1, 0.15) is 16.1 Å². The molecule has 4 nitrogen and oxygen atoms in total. The van der Waals surface area contributed by atoms with Crippen molar-refractivity contribution in [3.05, 3.63) is 22.4 Å². The lowest BCUT2D eigenvalue weighted by Crippen LogP contribution is -2.41. The van der Waals surface area contributed by atoms with Crippen LogP contribution >= 0.6 is 23.1 Å². The first-order valence-electron chi connectivity index (χ1n) is 5.10. The molecular weight excluding hydrogens is 258 g/mol. The van der Waals surface area contributed by atoms with Crippen LogP contribution in [0.5, 0.6) is 0 Å². The van der Waals surface area contributed by atoms with E-state index in [-0.39, 0.29) is 5.91 Å². The maximum absolute atomic E-state index is 11.8. The molecule has 1 aromatic rings. The molecule has 0 aliphatic heterocycles. The number of carbonyl (C=O) groups excluding carboxylic acids is 2. The van der Waals surface area contributed by atoms with E-state index in [2.05, 4.69) is 10.1 Å². The molecule has 0 aliphatic carbocycles. The molecule has 0 fully saturated rings. The SMILES string of the molecule is COC(=O)[C@@H](CCSC)NC(=O)c1cccs1. The van der Waals surface area contributed by atoms with Crippen molar-refractivity contribution in [2.45, 2.75) is 12.5 Å². The highest BCUT2D eigenvalue weighted by Gasteiger charge is 2.21. The van der Waals surface area contributed by atoms with E-state index in [1.165, 1.54) is 18.4 Å². The Morgan fingerprint density at radius 2 is 2.35 bits per heavy atom. The fourth-order valence-electron chi connectivity index (χ4n) is 1.26. The number of rotatable bonds is 6. The Labute approximate surface area is 109 Å². The van der Waals surface area contributed by atoms with Crippen molar-refractivity contribution in [2.24, 2.45) is 0 Å². The molecule has 1 heterocycles. The van der Waals surface area contributed by atoms with Gasteiger partial charge in [0.15, 0.2) is 0 Å². The van der Waals surface area contributed by atoms with Crippen LogP contribution in [0.25, 0.3) is 0 Å². The first-order valence-corrected chi connectivity index (χ1v) is 7.37. The number of thioether (sulfide) groups is 1. The van der Waals surface area contributed by atoms with E-state index < -0.39 is 12.0 Å². The van der Waals surface area contributed by atoms with Crippen molar-refractivity contribution in [3.63, 3.8) is 0 Å². The molecule has 1 rings (SSSR count). The lowest BCUT2D eigenvalue weighted by molar-refractivity contribution is -0.142. The molecule has 1 amide bonds. The number of thiophene rings is 1. The van der Waals surface area contributed by atoms with Crippen molar-refractivity contribution >= 4 is 35.0 Å². The van der Waals surface area contributed by atoms with Crippen LogP contribution in [0.15, 0.2) is 17.5 Å². The molecule has 0 aliphatic rings. The summed E-state index contributed by atoms with van der Waals surface area (Å²) in [5, 5.41) is 4.51. The largest absolute Gasteiger partial charge is 0.467 e. The van der Waals surface area contributed by atoms with Gasteiger partial charge in [0.25, 0.3) is 5.91 Å². The van der Waals surface area contributed by atoms with Crippen molar-refractivity contribution < 1.29 is 14.3 Å².